The summed E-state index contributed by atoms with van der Waals surface area (Å²) in [4.78, 5) is 18.8. The second kappa shape index (κ2) is 8.05. The molecule has 0 bridgehead atoms. The van der Waals surface area contributed by atoms with Gasteiger partial charge in [0.2, 0.25) is 15.6 Å². The van der Waals surface area contributed by atoms with Crippen molar-refractivity contribution in [1.82, 2.24) is 4.98 Å². The maximum absolute atomic E-state index is 14.3. The van der Waals surface area contributed by atoms with E-state index in [-0.39, 0.29) is 12.1 Å². The van der Waals surface area contributed by atoms with Gasteiger partial charge in [0.1, 0.15) is 5.82 Å². The number of para-hydroxylation sites is 1. The molecule has 10 heteroatoms. The molecule has 2 atom stereocenters. The van der Waals surface area contributed by atoms with Crippen LogP contribution in [-0.2, 0) is 16.6 Å². The van der Waals surface area contributed by atoms with E-state index in [0.29, 0.717) is 21.7 Å². The van der Waals surface area contributed by atoms with E-state index in [0.717, 1.165) is 11.8 Å². The molecular formula is C20H17ClFN3O3S2. The van der Waals surface area contributed by atoms with Crippen LogP contribution >= 0.6 is 23.4 Å². The van der Waals surface area contributed by atoms with E-state index < -0.39 is 32.0 Å². The van der Waals surface area contributed by atoms with Crippen LogP contribution in [0.4, 0.5) is 10.1 Å². The van der Waals surface area contributed by atoms with Gasteiger partial charge in [-0.05, 0) is 36.8 Å². The van der Waals surface area contributed by atoms with Gasteiger partial charge < -0.3 is 4.98 Å². The highest BCUT2D eigenvalue weighted by Crippen LogP contribution is 2.34. The molecular weight excluding hydrogens is 449 g/mol. The second-order valence-corrected chi connectivity index (χ2v) is 10.6. The van der Waals surface area contributed by atoms with Crippen LogP contribution in [0.2, 0.25) is 5.02 Å². The predicted molar refractivity (Wildman–Crippen MR) is 120 cm³/mol. The number of aromatic amines is 1. The van der Waals surface area contributed by atoms with Crippen LogP contribution in [0, 0.1) is 5.82 Å². The largest absolute Gasteiger partial charge is 0.319 e. The zero-order valence-corrected chi connectivity index (χ0v) is 18.1. The van der Waals surface area contributed by atoms with Crippen molar-refractivity contribution in [2.75, 3.05) is 4.31 Å². The van der Waals surface area contributed by atoms with Gasteiger partial charge in [-0.25, -0.2) is 12.8 Å². The maximum atomic E-state index is 14.3. The van der Waals surface area contributed by atoms with E-state index in [9.17, 15) is 17.6 Å². The van der Waals surface area contributed by atoms with Crippen LogP contribution in [0.5, 0.6) is 0 Å². The number of benzene rings is 2. The smallest absolute Gasteiger partial charge is 0.250 e. The number of hydrogen-bond acceptors (Lipinski definition) is 5. The van der Waals surface area contributed by atoms with Gasteiger partial charge >= 0.3 is 0 Å². The molecule has 4 rings (SSSR count). The lowest BCUT2D eigenvalue weighted by atomic mass is 10.1. The molecule has 2 unspecified atom stereocenters. The number of nitrogens with one attached hydrogen (secondary N) is 1. The van der Waals surface area contributed by atoms with Crippen molar-refractivity contribution in [3.05, 3.63) is 75.3 Å². The number of hydrogen-bond donors (Lipinski definition) is 1. The van der Waals surface area contributed by atoms with E-state index in [4.69, 9.17) is 11.6 Å². The monoisotopic (exact) mass is 465 g/mol. The number of rotatable bonds is 5. The lowest BCUT2D eigenvalue weighted by Crippen LogP contribution is -2.40. The third-order valence-electron chi connectivity index (χ3n) is 4.81. The first-order valence-electron chi connectivity index (χ1n) is 9.02. The Morgan fingerprint density at radius 1 is 1.23 bits per heavy atom. The number of pyridine rings is 1. The summed E-state index contributed by atoms with van der Waals surface area (Å²) in [6.07, 6.45) is 0. The summed E-state index contributed by atoms with van der Waals surface area (Å²) >= 11 is 7.24. The van der Waals surface area contributed by atoms with Crippen LogP contribution in [0.25, 0.3) is 10.9 Å². The Bertz CT molecular complexity index is 1310. The van der Waals surface area contributed by atoms with Gasteiger partial charge in [-0.2, -0.15) is 0 Å². The lowest BCUT2D eigenvalue weighted by Gasteiger charge is -2.29. The standard InChI is InChI=1S/C20H17ClFN3O3S2/c1-12-20(29-11-23-12)30(27,28)25(15-5-2-4-14(21)9-15)10-13-8-18(26)24-19-16(13)6-3-7-17(19)22/h2-9,11-12,20H,10H2,1H3,(H,24,26). The highest BCUT2D eigenvalue weighted by atomic mass is 35.5. The first-order chi connectivity index (χ1) is 14.3. The summed E-state index contributed by atoms with van der Waals surface area (Å²) in [7, 11) is -3.90. The Morgan fingerprint density at radius 3 is 2.70 bits per heavy atom. The number of thioether (sulfide) groups is 1. The summed E-state index contributed by atoms with van der Waals surface area (Å²) in [5.41, 5.74) is 1.79. The Balaban J connectivity index is 1.87. The van der Waals surface area contributed by atoms with E-state index in [2.05, 4.69) is 9.98 Å². The molecule has 0 aliphatic carbocycles. The molecule has 0 saturated heterocycles. The summed E-state index contributed by atoms with van der Waals surface area (Å²) in [6.45, 7) is 1.57. The van der Waals surface area contributed by atoms with Crippen molar-refractivity contribution < 1.29 is 12.8 Å². The molecule has 0 spiro atoms. The summed E-state index contributed by atoms with van der Waals surface area (Å²) < 4.78 is 41.8. The molecule has 30 heavy (non-hydrogen) atoms. The number of nitrogens with zero attached hydrogens (tertiary/aromatic N) is 2. The van der Waals surface area contributed by atoms with Gasteiger partial charge in [0.15, 0.2) is 4.58 Å². The molecule has 0 saturated carbocycles. The predicted octanol–water partition coefficient (Wildman–Crippen LogP) is 4.15. The number of H-pyrrole nitrogens is 1. The molecule has 1 N–H and O–H groups in total. The maximum Gasteiger partial charge on any atom is 0.250 e. The van der Waals surface area contributed by atoms with Crippen LogP contribution in [0.1, 0.15) is 12.5 Å². The molecule has 0 amide bonds. The number of aromatic nitrogens is 1. The molecule has 2 heterocycles. The minimum absolute atomic E-state index is 0.0374. The van der Waals surface area contributed by atoms with E-state index in [1.165, 1.54) is 28.1 Å². The average molecular weight is 466 g/mol. The molecule has 156 valence electrons. The minimum Gasteiger partial charge on any atom is -0.319 e. The highest BCUT2D eigenvalue weighted by Gasteiger charge is 2.39. The van der Waals surface area contributed by atoms with Crippen molar-refractivity contribution in [3.8, 4) is 0 Å². The van der Waals surface area contributed by atoms with Gasteiger partial charge in [0, 0.05) is 16.5 Å². The van der Waals surface area contributed by atoms with Crippen molar-refractivity contribution in [2.45, 2.75) is 24.1 Å². The second-order valence-electron chi connectivity index (χ2n) is 6.85. The first-order valence-corrected chi connectivity index (χ1v) is 11.8. The van der Waals surface area contributed by atoms with Gasteiger partial charge in [-0.3, -0.25) is 14.1 Å². The van der Waals surface area contributed by atoms with Crippen LogP contribution in [-0.4, -0.2) is 29.6 Å². The van der Waals surface area contributed by atoms with Crippen molar-refractivity contribution in [1.29, 1.82) is 0 Å². The molecule has 3 aromatic rings. The molecule has 1 aliphatic rings. The Morgan fingerprint density at radius 2 is 2.00 bits per heavy atom. The minimum atomic E-state index is -3.90. The quantitative estimate of drug-likeness (QED) is 0.613. The first kappa shape index (κ1) is 20.9. The normalized spacial score (nSPS) is 18.8. The zero-order chi connectivity index (χ0) is 21.5. The number of fused-ring (bicyclic) bond motifs is 1. The average Bonchev–Trinajstić information content (AvgIpc) is 3.13. The number of anilines is 1. The van der Waals surface area contributed by atoms with Gasteiger partial charge in [0.05, 0.1) is 29.3 Å². The van der Waals surface area contributed by atoms with E-state index >= 15 is 0 Å². The Labute approximate surface area is 181 Å². The summed E-state index contributed by atoms with van der Waals surface area (Å²) in [5, 5.41) is 0.804. The fourth-order valence-corrected chi connectivity index (χ4v) is 6.81. The Kier molecular flexibility index (Phi) is 5.61. The van der Waals surface area contributed by atoms with Gasteiger partial charge in [-0.15, -0.1) is 0 Å². The van der Waals surface area contributed by atoms with Crippen LogP contribution < -0.4 is 9.86 Å². The topological polar surface area (TPSA) is 82.6 Å². The third-order valence-corrected chi connectivity index (χ3v) is 8.95. The van der Waals surface area contributed by atoms with Crippen LogP contribution in [0.3, 0.4) is 0 Å². The molecule has 0 radical (unpaired) electrons. The Hall–Kier alpha value is -2.36. The molecule has 0 fully saturated rings. The number of halogens is 2. The van der Waals surface area contributed by atoms with Gasteiger partial charge in [-0.1, -0.05) is 41.6 Å². The molecule has 6 nitrogen and oxygen atoms in total. The fourth-order valence-electron chi connectivity index (χ4n) is 3.38. The third kappa shape index (κ3) is 3.84. The van der Waals surface area contributed by atoms with Crippen molar-refractivity contribution in [2.24, 2.45) is 4.99 Å². The molecule has 1 aliphatic heterocycles. The summed E-state index contributed by atoms with van der Waals surface area (Å²) in [6, 6.07) is 11.7. The fraction of sp³-hybridized carbons (Fsp3) is 0.200. The lowest BCUT2D eigenvalue weighted by molar-refractivity contribution is 0.581. The highest BCUT2D eigenvalue weighted by molar-refractivity contribution is 8.22. The van der Waals surface area contributed by atoms with Crippen molar-refractivity contribution >= 4 is 55.5 Å². The van der Waals surface area contributed by atoms with Crippen LogP contribution in [0.15, 0.2) is 58.3 Å². The number of sulfonamides is 1. The zero-order valence-electron chi connectivity index (χ0n) is 15.7. The van der Waals surface area contributed by atoms with E-state index in [1.807, 2.05) is 0 Å². The van der Waals surface area contributed by atoms with Gasteiger partial charge in [0.25, 0.3) is 0 Å². The number of aliphatic imine (C=N–C) groups is 1. The van der Waals surface area contributed by atoms with Crippen molar-refractivity contribution in [3.63, 3.8) is 0 Å². The summed E-state index contributed by atoms with van der Waals surface area (Å²) in [5.74, 6) is -0.586. The molecule has 2 aromatic carbocycles. The SMILES string of the molecule is CC1N=CSC1S(=O)(=O)N(Cc1cc(=O)[nH]c2c(F)cccc12)c1cccc(Cl)c1. The van der Waals surface area contributed by atoms with E-state index in [1.54, 1.807) is 37.3 Å². The molecule has 1 aromatic heterocycles.